The van der Waals surface area contributed by atoms with Crippen LogP contribution in [0.25, 0.3) is 0 Å². The standard InChI is InChI=1S/C14H20O3/c1-11(2)14(15)5-4-10-17-13-8-6-12(16-3)7-9-13/h6-9,11H,4-5,10H2,1-3H3. The first-order chi connectivity index (χ1) is 8.13. The zero-order chi connectivity index (χ0) is 12.7. The summed E-state index contributed by atoms with van der Waals surface area (Å²) >= 11 is 0. The smallest absolute Gasteiger partial charge is 0.135 e. The van der Waals surface area contributed by atoms with E-state index in [1.165, 1.54) is 0 Å². The maximum atomic E-state index is 11.4. The lowest BCUT2D eigenvalue weighted by molar-refractivity contribution is -0.122. The molecule has 0 atom stereocenters. The van der Waals surface area contributed by atoms with Crippen LogP contribution in [-0.2, 0) is 4.79 Å². The van der Waals surface area contributed by atoms with Gasteiger partial charge in [0.15, 0.2) is 0 Å². The lowest BCUT2D eigenvalue weighted by atomic mass is 10.1. The van der Waals surface area contributed by atoms with Crippen LogP contribution < -0.4 is 9.47 Å². The minimum absolute atomic E-state index is 0.121. The van der Waals surface area contributed by atoms with Gasteiger partial charge in [0.05, 0.1) is 13.7 Å². The highest BCUT2D eigenvalue weighted by Gasteiger charge is 2.06. The molecule has 0 saturated heterocycles. The number of hydrogen-bond donors (Lipinski definition) is 0. The van der Waals surface area contributed by atoms with Gasteiger partial charge in [0.2, 0.25) is 0 Å². The maximum Gasteiger partial charge on any atom is 0.135 e. The first-order valence-corrected chi connectivity index (χ1v) is 5.93. The molecule has 1 aromatic rings. The van der Waals surface area contributed by atoms with Gasteiger partial charge in [-0.25, -0.2) is 0 Å². The quantitative estimate of drug-likeness (QED) is 0.682. The Balaban J connectivity index is 2.24. The molecular formula is C14H20O3. The van der Waals surface area contributed by atoms with Gasteiger partial charge < -0.3 is 9.47 Å². The van der Waals surface area contributed by atoms with Crippen molar-refractivity contribution in [1.82, 2.24) is 0 Å². The molecule has 0 N–H and O–H groups in total. The van der Waals surface area contributed by atoms with Crippen molar-refractivity contribution in [3.05, 3.63) is 24.3 Å². The van der Waals surface area contributed by atoms with E-state index in [4.69, 9.17) is 9.47 Å². The molecule has 0 aliphatic rings. The fourth-order valence-electron chi connectivity index (χ4n) is 1.40. The third-order valence-corrected chi connectivity index (χ3v) is 2.54. The van der Waals surface area contributed by atoms with Crippen LogP contribution in [0, 0.1) is 5.92 Å². The van der Waals surface area contributed by atoms with E-state index >= 15 is 0 Å². The van der Waals surface area contributed by atoms with E-state index in [2.05, 4.69) is 0 Å². The first kappa shape index (κ1) is 13.6. The van der Waals surface area contributed by atoms with Crippen LogP contribution in [0.15, 0.2) is 24.3 Å². The number of carbonyl (C=O) groups excluding carboxylic acids is 1. The zero-order valence-corrected chi connectivity index (χ0v) is 10.7. The van der Waals surface area contributed by atoms with Gasteiger partial charge in [-0.05, 0) is 30.7 Å². The normalized spacial score (nSPS) is 10.4. The summed E-state index contributed by atoms with van der Waals surface area (Å²) in [6.45, 7) is 4.42. The molecule has 17 heavy (non-hydrogen) atoms. The van der Waals surface area contributed by atoms with Crippen LogP contribution in [-0.4, -0.2) is 19.5 Å². The van der Waals surface area contributed by atoms with Crippen molar-refractivity contribution < 1.29 is 14.3 Å². The first-order valence-electron chi connectivity index (χ1n) is 5.93. The second-order valence-electron chi connectivity index (χ2n) is 4.25. The SMILES string of the molecule is COc1ccc(OCCCC(=O)C(C)C)cc1. The predicted octanol–water partition coefficient (Wildman–Crippen LogP) is 3.08. The molecule has 0 aliphatic carbocycles. The zero-order valence-electron chi connectivity index (χ0n) is 10.7. The molecule has 94 valence electrons. The fourth-order valence-corrected chi connectivity index (χ4v) is 1.40. The van der Waals surface area contributed by atoms with E-state index < -0.39 is 0 Å². The molecule has 1 rings (SSSR count). The van der Waals surface area contributed by atoms with E-state index in [9.17, 15) is 4.79 Å². The topological polar surface area (TPSA) is 35.5 Å². The number of carbonyl (C=O) groups is 1. The van der Waals surface area contributed by atoms with Gasteiger partial charge in [0.1, 0.15) is 17.3 Å². The molecule has 0 bridgehead atoms. The van der Waals surface area contributed by atoms with E-state index in [-0.39, 0.29) is 5.92 Å². The highest BCUT2D eigenvalue weighted by Crippen LogP contribution is 2.17. The van der Waals surface area contributed by atoms with E-state index in [1.54, 1.807) is 7.11 Å². The van der Waals surface area contributed by atoms with Crippen molar-refractivity contribution in [2.24, 2.45) is 5.92 Å². The second-order valence-corrected chi connectivity index (χ2v) is 4.25. The van der Waals surface area contributed by atoms with Gasteiger partial charge >= 0.3 is 0 Å². The number of hydrogen-bond acceptors (Lipinski definition) is 3. The lowest BCUT2D eigenvalue weighted by Gasteiger charge is -2.07. The fraction of sp³-hybridized carbons (Fsp3) is 0.500. The number of benzene rings is 1. The lowest BCUT2D eigenvalue weighted by Crippen LogP contribution is -2.08. The Morgan fingerprint density at radius 3 is 2.29 bits per heavy atom. The summed E-state index contributed by atoms with van der Waals surface area (Å²) in [5.41, 5.74) is 0. The predicted molar refractivity (Wildman–Crippen MR) is 67.6 cm³/mol. The van der Waals surface area contributed by atoms with Crippen molar-refractivity contribution in [2.45, 2.75) is 26.7 Å². The van der Waals surface area contributed by atoms with Crippen molar-refractivity contribution in [2.75, 3.05) is 13.7 Å². The molecule has 1 aromatic carbocycles. The van der Waals surface area contributed by atoms with Crippen molar-refractivity contribution >= 4 is 5.78 Å². The number of ketones is 1. The monoisotopic (exact) mass is 236 g/mol. The Hall–Kier alpha value is -1.51. The third kappa shape index (κ3) is 4.89. The van der Waals surface area contributed by atoms with Gasteiger partial charge in [-0.2, -0.15) is 0 Å². The summed E-state index contributed by atoms with van der Waals surface area (Å²) in [6.07, 6.45) is 1.36. The molecule has 3 heteroatoms. The highest BCUT2D eigenvalue weighted by molar-refractivity contribution is 5.80. The number of Topliss-reactive ketones (excluding diaryl/α,β-unsaturated/α-hetero) is 1. The molecular weight excluding hydrogens is 216 g/mol. The Kier molecular flexibility index (Phi) is 5.53. The molecule has 0 saturated carbocycles. The van der Waals surface area contributed by atoms with Gasteiger partial charge in [-0.15, -0.1) is 0 Å². The van der Waals surface area contributed by atoms with Crippen molar-refractivity contribution in [3.8, 4) is 11.5 Å². The van der Waals surface area contributed by atoms with Crippen LogP contribution in [0.2, 0.25) is 0 Å². The maximum absolute atomic E-state index is 11.4. The summed E-state index contributed by atoms with van der Waals surface area (Å²) < 4.78 is 10.6. The highest BCUT2D eigenvalue weighted by atomic mass is 16.5. The molecule has 0 aromatic heterocycles. The van der Waals surface area contributed by atoms with Crippen LogP contribution in [0.1, 0.15) is 26.7 Å². The van der Waals surface area contributed by atoms with Gasteiger partial charge in [-0.3, -0.25) is 4.79 Å². The average molecular weight is 236 g/mol. The molecule has 0 amide bonds. The largest absolute Gasteiger partial charge is 0.497 e. The number of rotatable bonds is 7. The van der Waals surface area contributed by atoms with E-state index in [0.29, 0.717) is 18.8 Å². The minimum Gasteiger partial charge on any atom is -0.497 e. The summed E-state index contributed by atoms with van der Waals surface area (Å²) in [7, 11) is 1.63. The van der Waals surface area contributed by atoms with Crippen molar-refractivity contribution in [3.63, 3.8) is 0 Å². The van der Waals surface area contributed by atoms with Crippen LogP contribution >= 0.6 is 0 Å². The third-order valence-electron chi connectivity index (χ3n) is 2.54. The van der Waals surface area contributed by atoms with Crippen LogP contribution in [0.4, 0.5) is 0 Å². The summed E-state index contributed by atoms with van der Waals surface area (Å²) in [5.74, 6) is 2.04. The van der Waals surface area contributed by atoms with Gasteiger partial charge in [-0.1, -0.05) is 13.8 Å². The van der Waals surface area contributed by atoms with Crippen molar-refractivity contribution in [1.29, 1.82) is 0 Å². The molecule has 3 nitrogen and oxygen atoms in total. The van der Waals surface area contributed by atoms with Gasteiger partial charge in [0.25, 0.3) is 0 Å². The van der Waals surface area contributed by atoms with E-state index in [1.807, 2.05) is 38.1 Å². The van der Waals surface area contributed by atoms with Crippen LogP contribution in [0.3, 0.4) is 0 Å². The Bertz CT molecular complexity index is 341. The van der Waals surface area contributed by atoms with E-state index in [0.717, 1.165) is 17.9 Å². The average Bonchev–Trinajstić information content (AvgIpc) is 2.35. The summed E-state index contributed by atoms with van der Waals surface area (Å²) in [4.78, 5) is 11.4. The Labute approximate surface area is 103 Å². The summed E-state index contributed by atoms with van der Waals surface area (Å²) in [6, 6.07) is 7.44. The Morgan fingerprint density at radius 1 is 1.18 bits per heavy atom. The Morgan fingerprint density at radius 2 is 1.76 bits per heavy atom. The molecule has 0 radical (unpaired) electrons. The molecule has 0 heterocycles. The number of methoxy groups -OCH3 is 1. The molecule has 0 unspecified atom stereocenters. The molecule has 0 spiro atoms. The second kappa shape index (κ2) is 6.94. The molecule has 0 fully saturated rings. The molecule has 0 aliphatic heterocycles. The van der Waals surface area contributed by atoms with Crippen LogP contribution in [0.5, 0.6) is 11.5 Å². The number of ether oxygens (including phenoxy) is 2. The van der Waals surface area contributed by atoms with Gasteiger partial charge in [0, 0.05) is 12.3 Å². The minimum atomic E-state index is 0.121. The summed E-state index contributed by atoms with van der Waals surface area (Å²) in [5, 5.41) is 0.